The number of nitrogens with zero attached hydrogens (tertiary/aromatic N) is 5. The molecule has 0 aliphatic heterocycles. The zero-order chi connectivity index (χ0) is 22.7. The normalized spacial score (nSPS) is 15.8. The van der Waals surface area contributed by atoms with E-state index in [0.717, 1.165) is 13.1 Å². The molecule has 9 heteroatoms. The lowest BCUT2D eigenvalue weighted by atomic mass is 9.97. The van der Waals surface area contributed by atoms with E-state index in [9.17, 15) is 9.18 Å². The van der Waals surface area contributed by atoms with Crippen molar-refractivity contribution in [3.05, 3.63) is 66.0 Å². The SMILES string of the molecule is CN(C)CCN(C)c1nc2cc(NC(=O)c3cnc(C4C=CC(F)=CC4)cn3)ccc2o1. The Morgan fingerprint density at radius 2 is 2.06 bits per heavy atom. The molecular formula is C23H25FN6O2. The lowest BCUT2D eigenvalue weighted by Gasteiger charge is -2.17. The summed E-state index contributed by atoms with van der Waals surface area (Å²) in [7, 11) is 5.95. The Hall–Kier alpha value is -3.59. The monoisotopic (exact) mass is 436 g/mol. The second-order valence-electron chi connectivity index (χ2n) is 7.97. The number of anilines is 2. The smallest absolute Gasteiger partial charge is 0.298 e. The molecule has 0 spiro atoms. The van der Waals surface area contributed by atoms with Crippen molar-refractivity contribution in [2.75, 3.05) is 44.4 Å². The molecule has 0 bridgehead atoms. The third kappa shape index (κ3) is 5.00. The second-order valence-corrected chi connectivity index (χ2v) is 7.97. The van der Waals surface area contributed by atoms with Gasteiger partial charge in [0, 0.05) is 37.9 Å². The third-order valence-electron chi connectivity index (χ3n) is 5.18. The van der Waals surface area contributed by atoms with E-state index in [4.69, 9.17) is 4.42 Å². The molecule has 1 aliphatic carbocycles. The van der Waals surface area contributed by atoms with E-state index in [0.29, 0.717) is 34.9 Å². The molecule has 1 amide bonds. The molecule has 3 aromatic rings. The first-order valence-corrected chi connectivity index (χ1v) is 10.3. The number of hydrogen-bond donors (Lipinski definition) is 1. The second kappa shape index (κ2) is 9.27. The van der Waals surface area contributed by atoms with Crippen molar-refractivity contribution in [1.82, 2.24) is 19.9 Å². The molecule has 1 atom stereocenters. The summed E-state index contributed by atoms with van der Waals surface area (Å²) in [6.45, 7) is 1.65. The maximum absolute atomic E-state index is 13.1. The van der Waals surface area contributed by atoms with Crippen LogP contribution in [0.1, 0.15) is 28.5 Å². The lowest BCUT2D eigenvalue weighted by molar-refractivity contribution is 0.102. The Bertz CT molecular complexity index is 1170. The van der Waals surface area contributed by atoms with Gasteiger partial charge >= 0.3 is 0 Å². The summed E-state index contributed by atoms with van der Waals surface area (Å²) in [5.74, 6) is -0.666. The third-order valence-corrected chi connectivity index (χ3v) is 5.18. The van der Waals surface area contributed by atoms with E-state index in [-0.39, 0.29) is 23.3 Å². The van der Waals surface area contributed by atoms with Crippen LogP contribution in [0.5, 0.6) is 0 Å². The van der Waals surface area contributed by atoms with Crippen LogP contribution in [-0.2, 0) is 0 Å². The van der Waals surface area contributed by atoms with Crippen LogP contribution in [0.15, 0.2) is 59.1 Å². The predicted molar refractivity (Wildman–Crippen MR) is 122 cm³/mol. The first-order chi connectivity index (χ1) is 15.4. The summed E-state index contributed by atoms with van der Waals surface area (Å²) in [4.78, 5) is 29.7. The molecule has 1 N–H and O–H groups in total. The number of rotatable bonds is 7. The fourth-order valence-electron chi connectivity index (χ4n) is 3.26. The minimum atomic E-state index is -0.375. The van der Waals surface area contributed by atoms with Gasteiger partial charge in [-0.2, -0.15) is 4.98 Å². The Morgan fingerprint density at radius 3 is 2.75 bits per heavy atom. The molecule has 0 fully saturated rings. The van der Waals surface area contributed by atoms with Crippen LogP contribution in [0.3, 0.4) is 0 Å². The molecule has 0 saturated carbocycles. The highest BCUT2D eigenvalue weighted by Gasteiger charge is 2.16. The Labute approximate surface area is 185 Å². The molecule has 2 heterocycles. The number of amides is 1. The van der Waals surface area contributed by atoms with Gasteiger partial charge in [-0.3, -0.25) is 9.78 Å². The fraction of sp³-hybridized carbons (Fsp3) is 0.304. The van der Waals surface area contributed by atoms with Crippen molar-refractivity contribution in [2.24, 2.45) is 0 Å². The minimum absolute atomic E-state index is 0.0428. The minimum Gasteiger partial charge on any atom is -0.423 e. The van der Waals surface area contributed by atoms with Crippen molar-refractivity contribution in [2.45, 2.75) is 12.3 Å². The predicted octanol–water partition coefficient (Wildman–Crippen LogP) is 3.76. The maximum Gasteiger partial charge on any atom is 0.298 e. The first-order valence-electron chi connectivity index (χ1n) is 10.3. The highest BCUT2D eigenvalue weighted by Crippen LogP contribution is 2.26. The quantitative estimate of drug-likeness (QED) is 0.603. The van der Waals surface area contributed by atoms with Crippen molar-refractivity contribution in [1.29, 1.82) is 0 Å². The van der Waals surface area contributed by atoms with Gasteiger partial charge < -0.3 is 19.5 Å². The number of fused-ring (bicyclic) bond motifs is 1. The molecule has 166 valence electrons. The maximum atomic E-state index is 13.1. The van der Waals surface area contributed by atoms with E-state index >= 15 is 0 Å². The van der Waals surface area contributed by atoms with Crippen molar-refractivity contribution < 1.29 is 13.6 Å². The van der Waals surface area contributed by atoms with Crippen LogP contribution in [-0.4, -0.2) is 60.0 Å². The molecule has 4 rings (SSSR count). The summed E-state index contributed by atoms with van der Waals surface area (Å²) >= 11 is 0. The van der Waals surface area contributed by atoms with Gasteiger partial charge in [0.15, 0.2) is 5.58 Å². The summed E-state index contributed by atoms with van der Waals surface area (Å²) < 4.78 is 18.9. The van der Waals surface area contributed by atoms with Gasteiger partial charge in [-0.05, 0) is 50.9 Å². The van der Waals surface area contributed by atoms with Gasteiger partial charge in [0.05, 0.1) is 11.9 Å². The van der Waals surface area contributed by atoms with E-state index < -0.39 is 0 Å². The average Bonchev–Trinajstić information content (AvgIpc) is 3.21. The van der Waals surface area contributed by atoms with Gasteiger partial charge in [-0.25, -0.2) is 9.37 Å². The van der Waals surface area contributed by atoms with Crippen molar-refractivity contribution in [3.63, 3.8) is 0 Å². The Kier molecular flexibility index (Phi) is 6.27. The number of allylic oxidation sites excluding steroid dienone is 4. The number of nitrogens with one attached hydrogen (secondary N) is 1. The molecule has 1 aliphatic rings. The van der Waals surface area contributed by atoms with Crippen LogP contribution in [0.4, 0.5) is 16.1 Å². The summed E-state index contributed by atoms with van der Waals surface area (Å²) in [5, 5.41) is 2.82. The van der Waals surface area contributed by atoms with E-state index in [1.165, 1.54) is 18.3 Å². The number of carbonyl (C=O) groups excluding carboxylic acids is 1. The number of oxazole rings is 1. The zero-order valence-electron chi connectivity index (χ0n) is 18.2. The first kappa shape index (κ1) is 21.6. The Balaban J connectivity index is 1.42. The molecule has 0 saturated heterocycles. The molecular weight excluding hydrogens is 411 g/mol. The molecule has 0 radical (unpaired) electrons. The number of halogens is 1. The van der Waals surface area contributed by atoms with E-state index in [1.54, 1.807) is 30.5 Å². The summed E-state index contributed by atoms with van der Waals surface area (Å²) in [6, 6.07) is 5.82. The molecule has 2 aromatic heterocycles. The Morgan fingerprint density at radius 1 is 1.22 bits per heavy atom. The van der Waals surface area contributed by atoms with Crippen LogP contribution in [0, 0.1) is 0 Å². The highest BCUT2D eigenvalue weighted by molar-refractivity contribution is 6.03. The van der Waals surface area contributed by atoms with Crippen LogP contribution < -0.4 is 10.2 Å². The molecule has 1 unspecified atom stereocenters. The topological polar surface area (TPSA) is 87.4 Å². The highest BCUT2D eigenvalue weighted by atomic mass is 19.1. The fourth-order valence-corrected chi connectivity index (χ4v) is 3.26. The zero-order valence-corrected chi connectivity index (χ0v) is 18.2. The van der Waals surface area contributed by atoms with Gasteiger partial charge in [0.2, 0.25) is 0 Å². The number of benzene rings is 1. The molecule has 1 aromatic carbocycles. The number of hydrogen-bond acceptors (Lipinski definition) is 7. The van der Waals surface area contributed by atoms with Gasteiger partial charge in [-0.15, -0.1) is 0 Å². The number of carbonyl (C=O) groups is 1. The number of aromatic nitrogens is 3. The average molecular weight is 436 g/mol. The van der Waals surface area contributed by atoms with E-state index in [2.05, 4.69) is 25.2 Å². The lowest BCUT2D eigenvalue weighted by Crippen LogP contribution is -2.28. The summed E-state index contributed by atoms with van der Waals surface area (Å²) in [5.41, 5.74) is 2.77. The van der Waals surface area contributed by atoms with Crippen LogP contribution in [0.2, 0.25) is 0 Å². The molecule has 8 nitrogen and oxygen atoms in total. The van der Waals surface area contributed by atoms with Crippen LogP contribution >= 0.6 is 0 Å². The standard InChI is InChI=1S/C23H25FN6O2/c1-29(2)10-11-30(3)23-28-18-12-17(8-9-21(18)32-23)27-22(31)20-14-25-19(13-26-20)15-4-6-16(24)7-5-15/h4,6-9,12-15H,5,10-11H2,1-3H3,(H,27,31). The van der Waals surface area contributed by atoms with Crippen LogP contribution in [0.25, 0.3) is 11.1 Å². The van der Waals surface area contributed by atoms with Crippen molar-refractivity contribution >= 4 is 28.7 Å². The number of likely N-dealkylation sites (N-methyl/N-ethyl adjacent to an activating group) is 2. The van der Waals surface area contributed by atoms with Gasteiger partial charge in [-0.1, -0.05) is 6.08 Å². The molecule has 32 heavy (non-hydrogen) atoms. The van der Waals surface area contributed by atoms with Gasteiger partial charge in [0.25, 0.3) is 11.9 Å². The summed E-state index contributed by atoms with van der Waals surface area (Å²) in [6.07, 6.45) is 8.18. The van der Waals surface area contributed by atoms with E-state index in [1.807, 2.05) is 26.0 Å². The van der Waals surface area contributed by atoms with Gasteiger partial charge in [0.1, 0.15) is 17.0 Å². The van der Waals surface area contributed by atoms with Crippen molar-refractivity contribution in [3.8, 4) is 0 Å². The largest absolute Gasteiger partial charge is 0.423 e.